The van der Waals surface area contributed by atoms with Crippen LogP contribution in [-0.2, 0) is 4.79 Å². The molecule has 0 N–H and O–H groups in total. The van der Waals surface area contributed by atoms with Crippen molar-refractivity contribution in [2.45, 2.75) is 43.8 Å². The van der Waals surface area contributed by atoms with Gasteiger partial charge in [0.05, 0.1) is 6.04 Å². The molecule has 4 rings (SSSR count). The Balaban J connectivity index is 1.38. The Morgan fingerprint density at radius 1 is 1.17 bits per heavy atom. The maximum Gasteiger partial charge on any atom is 0.261 e. The predicted molar refractivity (Wildman–Crippen MR) is 83.8 cm³/mol. The largest absolute Gasteiger partial charge is 0.484 e. The SMILES string of the molecule is O=C(COc1ccc(F)cc1)N1C2CCC1CC(n1cncn1)C2. The highest BCUT2D eigenvalue weighted by Crippen LogP contribution is 2.40. The number of halogens is 1. The molecule has 0 spiro atoms. The molecule has 2 saturated heterocycles. The number of ether oxygens (including phenoxy) is 1. The molecule has 1 amide bonds. The normalized spacial score (nSPS) is 25.7. The van der Waals surface area contributed by atoms with Crippen LogP contribution in [-0.4, -0.2) is 44.3 Å². The minimum absolute atomic E-state index is 0.00358. The summed E-state index contributed by atoms with van der Waals surface area (Å²) in [4.78, 5) is 18.6. The number of benzene rings is 1. The van der Waals surface area contributed by atoms with Gasteiger partial charge < -0.3 is 9.64 Å². The summed E-state index contributed by atoms with van der Waals surface area (Å²) in [5.41, 5.74) is 0. The number of hydrogen-bond donors (Lipinski definition) is 0. The van der Waals surface area contributed by atoms with Crippen LogP contribution in [0.2, 0.25) is 0 Å². The third-order valence-corrected chi connectivity index (χ3v) is 4.98. The maximum atomic E-state index is 12.9. The fourth-order valence-corrected chi connectivity index (χ4v) is 3.93. The molecule has 126 valence electrons. The molecular formula is C17H19FN4O2. The van der Waals surface area contributed by atoms with Crippen molar-refractivity contribution in [3.8, 4) is 5.75 Å². The summed E-state index contributed by atoms with van der Waals surface area (Å²) >= 11 is 0. The van der Waals surface area contributed by atoms with Crippen LogP contribution >= 0.6 is 0 Å². The molecule has 2 atom stereocenters. The van der Waals surface area contributed by atoms with Crippen LogP contribution in [0.4, 0.5) is 4.39 Å². The first kappa shape index (κ1) is 15.1. The number of rotatable bonds is 4. The number of carbonyl (C=O) groups excluding carboxylic acids is 1. The van der Waals surface area contributed by atoms with E-state index in [-0.39, 0.29) is 30.4 Å². The monoisotopic (exact) mass is 330 g/mol. The van der Waals surface area contributed by atoms with Crippen molar-refractivity contribution in [2.24, 2.45) is 0 Å². The Kier molecular flexibility index (Phi) is 3.92. The Bertz CT molecular complexity index is 690. The summed E-state index contributed by atoms with van der Waals surface area (Å²) < 4.78 is 20.3. The molecule has 1 aromatic heterocycles. The molecule has 2 bridgehead atoms. The van der Waals surface area contributed by atoms with Crippen LogP contribution in [0.5, 0.6) is 5.75 Å². The number of fused-ring (bicyclic) bond motifs is 2. The van der Waals surface area contributed by atoms with Gasteiger partial charge >= 0.3 is 0 Å². The number of piperidine rings is 1. The van der Waals surface area contributed by atoms with Crippen molar-refractivity contribution in [3.05, 3.63) is 42.7 Å². The number of aromatic nitrogens is 3. The van der Waals surface area contributed by atoms with E-state index in [2.05, 4.69) is 10.1 Å². The van der Waals surface area contributed by atoms with Crippen LogP contribution in [0.1, 0.15) is 31.7 Å². The van der Waals surface area contributed by atoms with Gasteiger partial charge in [-0.1, -0.05) is 0 Å². The van der Waals surface area contributed by atoms with Crippen LogP contribution in [0.25, 0.3) is 0 Å². The lowest BCUT2D eigenvalue weighted by Crippen LogP contribution is -2.48. The molecule has 2 aromatic rings. The predicted octanol–water partition coefficient (Wildman–Crippen LogP) is 2.19. The van der Waals surface area contributed by atoms with Crippen LogP contribution in [0.15, 0.2) is 36.9 Å². The van der Waals surface area contributed by atoms with Crippen molar-refractivity contribution < 1.29 is 13.9 Å². The quantitative estimate of drug-likeness (QED) is 0.862. The second-order valence-electron chi connectivity index (χ2n) is 6.43. The van der Waals surface area contributed by atoms with Crippen molar-refractivity contribution in [3.63, 3.8) is 0 Å². The van der Waals surface area contributed by atoms with Crippen molar-refractivity contribution in [1.82, 2.24) is 19.7 Å². The molecule has 2 aliphatic heterocycles. The van der Waals surface area contributed by atoms with E-state index >= 15 is 0 Å². The van der Waals surface area contributed by atoms with Crippen LogP contribution in [0.3, 0.4) is 0 Å². The molecule has 2 fully saturated rings. The van der Waals surface area contributed by atoms with E-state index in [4.69, 9.17) is 4.74 Å². The molecule has 6 nitrogen and oxygen atoms in total. The molecule has 2 aliphatic rings. The molecule has 3 heterocycles. The van der Waals surface area contributed by atoms with Gasteiger partial charge in [-0.2, -0.15) is 5.10 Å². The summed E-state index contributed by atoms with van der Waals surface area (Å²) in [5, 5.41) is 4.24. The van der Waals surface area contributed by atoms with Gasteiger partial charge in [-0.05, 0) is 49.9 Å². The minimum Gasteiger partial charge on any atom is -0.484 e. The van der Waals surface area contributed by atoms with Gasteiger partial charge in [0.1, 0.15) is 24.2 Å². The van der Waals surface area contributed by atoms with Gasteiger partial charge in [-0.15, -0.1) is 0 Å². The second-order valence-corrected chi connectivity index (χ2v) is 6.43. The smallest absolute Gasteiger partial charge is 0.261 e. The molecular weight excluding hydrogens is 311 g/mol. The van der Waals surface area contributed by atoms with Gasteiger partial charge in [0, 0.05) is 12.1 Å². The maximum absolute atomic E-state index is 12.9. The second kappa shape index (κ2) is 6.22. The van der Waals surface area contributed by atoms with E-state index < -0.39 is 0 Å². The van der Waals surface area contributed by atoms with Crippen LogP contribution < -0.4 is 4.74 Å². The Morgan fingerprint density at radius 2 is 1.88 bits per heavy atom. The molecule has 0 aliphatic carbocycles. The lowest BCUT2D eigenvalue weighted by atomic mass is 9.97. The molecule has 7 heteroatoms. The Hall–Kier alpha value is -2.44. The number of hydrogen-bond acceptors (Lipinski definition) is 4. The zero-order valence-corrected chi connectivity index (χ0v) is 13.2. The Labute approximate surface area is 139 Å². The molecule has 24 heavy (non-hydrogen) atoms. The average Bonchev–Trinajstić information content (AvgIpc) is 3.21. The summed E-state index contributed by atoms with van der Waals surface area (Å²) in [6.07, 6.45) is 7.16. The topological polar surface area (TPSA) is 60.2 Å². The summed E-state index contributed by atoms with van der Waals surface area (Å²) in [6.45, 7) is -0.00732. The van der Waals surface area contributed by atoms with Crippen molar-refractivity contribution in [1.29, 1.82) is 0 Å². The molecule has 0 saturated carbocycles. The van der Waals surface area contributed by atoms with Crippen LogP contribution in [0, 0.1) is 5.82 Å². The van der Waals surface area contributed by atoms with E-state index in [1.165, 1.54) is 24.3 Å². The van der Waals surface area contributed by atoms with Gasteiger partial charge in [0.2, 0.25) is 0 Å². The van der Waals surface area contributed by atoms with Crippen molar-refractivity contribution in [2.75, 3.05) is 6.61 Å². The lowest BCUT2D eigenvalue weighted by molar-refractivity contribution is -0.138. The van der Waals surface area contributed by atoms with E-state index in [0.29, 0.717) is 11.8 Å². The van der Waals surface area contributed by atoms with Gasteiger partial charge in [0.15, 0.2) is 6.61 Å². The van der Waals surface area contributed by atoms with Gasteiger partial charge in [-0.25, -0.2) is 14.1 Å². The van der Waals surface area contributed by atoms with E-state index in [1.54, 1.807) is 12.7 Å². The summed E-state index contributed by atoms with van der Waals surface area (Å²) in [7, 11) is 0. The highest BCUT2D eigenvalue weighted by atomic mass is 19.1. The van der Waals surface area contributed by atoms with E-state index in [9.17, 15) is 9.18 Å². The fourth-order valence-electron chi connectivity index (χ4n) is 3.93. The number of nitrogens with zero attached hydrogens (tertiary/aromatic N) is 4. The highest BCUT2D eigenvalue weighted by Gasteiger charge is 2.43. The number of carbonyl (C=O) groups is 1. The van der Waals surface area contributed by atoms with E-state index in [1.807, 2.05) is 9.58 Å². The molecule has 0 radical (unpaired) electrons. The molecule has 1 aromatic carbocycles. The standard InChI is InChI=1S/C17H19FN4O2/c18-12-1-5-16(6-2-12)24-9-17(23)22-13-3-4-14(22)8-15(7-13)21-11-19-10-20-21/h1-2,5-6,10-11,13-15H,3-4,7-9H2. The summed E-state index contributed by atoms with van der Waals surface area (Å²) in [5.74, 6) is 0.195. The lowest BCUT2D eigenvalue weighted by Gasteiger charge is -2.38. The first-order valence-corrected chi connectivity index (χ1v) is 8.24. The highest BCUT2D eigenvalue weighted by molar-refractivity contribution is 5.79. The third-order valence-electron chi connectivity index (χ3n) is 4.98. The average molecular weight is 330 g/mol. The Morgan fingerprint density at radius 3 is 2.50 bits per heavy atom. The minimum atomic E-state index is -0.318. The first-order valence-electron chi connectivity index (χ1n) is 8.24. The fraction of sp³-hybridized carbons (Fsp3) is 0.471. The zero-order valence-electron chi connectivity index (χ0n) is 13.2. The van der Waals surface area contributed by atoms with E-state index in [0.717, 1.165) is 25.7 Å². The molecule has 2 unspecified atom stereocenters. The number of amides is 1. The summed E-state index contributed by atoms with van der Waals surface area (Å²) in [6, 6.07) is 6.51. The zero-order chi connectivity index (χ0) is 16.5. The van der Waals surface area contributed by atoms with Gasteiger partial charge in [0.25, 0.3) is 5.91 Å². The first-order chi connectivity index (χ1) is 11.7. The van der Waals surface area contributed by atoms with Crippen molar-refractivity contribution >= 4 is 5.91 Å². The van der Waals surface area contributed by atoms with Gasteiger partial charge in [-0.3, -0.25) is 4.79 Å². The third kappa shape index (κ3) is 2.86.